The lowest BCUT2D eigenvalue weighted by Gasteiger charge is -2.26. The average molecular weight is 224 g/mol. The van der Waals surface area contributed by atoms with Crippen LogP contribution in [0.2, 0.25) is 0 Å². The SMILES string of the molecule is NC(=O)c1cc(OC2CCC2)c(F)cc1N. The topological polar surface area (TPSA) is 78.3 Å². The van der Waals surface area contributed by atoms with Crippen LogP contribution in [0.25, 0.3) is 0 Å². The first-order valence-corrected chi connectivity index (χ1v) is 5.13. The number of amides is 1. The molecule has 1 amide bonds. The number of anilines is 1. The zero-order chi connectivity index (χ0) is 11.7. The molecule has 86 valence electrons. The lowest BCUT2D eigenvalue weighted by Crippen LogP contribution is -2.25. The van der Waals surface area contributed by atoms with Crippen LogP contribution in [0.3, 0.4) is 0 Å². The molecule has 1 fully saturated rings. The molecule has 5 heteroatoms. The van der Waals surface area contributed by atoms with Crippen LogP contribution in [0.1, 0.15) is 29.6 Å². The minimum Gasteiger partial charge on any atom is -0.487 e. The van der Waals surface area contributed by atoms with E-state index in [1.165, 1.54) is 6.07 Å². The fourth-order valence-corrected chi connectivity index (χ4v) is 1.54. The molecule has 0 atom stereocenters. The first kappa shape index (κ1) is 10.7. The molecule has 0 bridgehead atoms. The monoisotopic (exact) mass is 224 g/mol. The maximum absolute atomic E-state index is 13.5. The molecule has 16 heavy (non-hydrogen) atoms. The van der Waals surface area contributed by atoms with Crippen molar-refractivity contribution in [2.45, 2.75) is 25.4 Å². The third-order valence-electron chi connectivity index (χ3n) is 2.72. The van der Waals surface area contributed by atoms with Crippen LogP contribution < -0.4 is 16.2 Å². The number of hydrogen-bond donors (Lipinski definition) is 2. The lowest BCUT2D eigenvalue weighted by molar-refractivity contribution is 0.0995. The van der Waals surface area contributed by atoms with Crippen LogP contribution in [0.4, 0.5) is 10.1 Å². The Labute approximate surface area is 92.4 Å². The molecule has 0 aromatic heterocycles. The highest BCUT2D eigenvalue weighted by Gasteiger charge is 2.22. The van der Waals surface area contributed by atoms with Crippen LogP contribution in [0.5, 0.6) is 5.75 Å². The zero-order valence-corrected chi connectivity index (χ0v) is 8.70. The number of primary amides is 1. The molecule has 1 aromatic carbocycles. The van der Waals surface area contributed by atoms with Crippen molar-refractivity contribution < 1.29 is 13.9 Å². The second kappa shape index (κ2) is 4.00. The molecule has 0 radical (unpaired) electrons. The maximum Gasteiger partial charge on any atom is 0.250 e. The molecule has 0 unspecified atom stereocenters. The number of nitrogen functional groups attached to an aromatic ring is 1. The Bertz CT molecular complexity index is 430. The number of halogens is 1. The number of carbonyl (C=O) groups is 1. The molecule has 1 aliphatic carbocycles. The van der Waals surface area contributed by atoms with E-state index >= 15 is 0 Å². The molecule has 4 N–H and O–H groups in total. The molecule has 1 saturated carbocycles. The summed E-state index contributed by atoms with van der Waals surface area (Å²) in [6.45, 7) is 0. The van der Waals surface area contributed by atoms with Gasteiger partial charge in [-0.3, -0.25) is 4.79 Å². The quantitative estimate of drug-likeness (QED) is 0.762. The van der Waals surface area contributed by atoms with Crippen LogP contribution in [0.15, 0.2) is 12.1 Å². The zero-order valence-electron chi connectivity index (χ0n) is 8.70. The Balaban J connectivity index is 2.28. The fraction of sp³-hybridized carbons (Fsp3) is 0.364. The molecule has 0 heterocycles. The Morgan fingerprint density at radius 3 is 2.62 bits per heavy atom. The molecule has 0 aliphatic heterocycles. The number of rotatable bonds is 3. The van der Waals surface area contributed by atoms with Gasteiger partial charge < -0.3 is 16.2 Å². The second-order valence-corrected chi connectivity index (χ2v) is 3.90. The molecule has 0 saturated heterocycles. The van der Waals surface area contributed by atoms with Gasteiger partial charge in [-0.15, -0.1) is 0 Å². The second-order valence-electron chi connectivity index (χ2n) is 3.90. The third kappa shape index (κ3) is 1.93. The van der Waals surface area contributed by atoms with Crippen LogP contribution >= 0.6 is 0 Å². The van der Waals surface area contributed by atoms with Gasteiger partial charge in [0, 0.05) is 11.8 Å². The van der Waals surface area contributed by atoms with Gasteiger partial charge in [-0.1, -0.05) is 0 Å². The minimum absolute atomic E-state index is 0.0333. The van der Waals surface area contributed by atoms with E-state index in [9.17, 15) is 9.18 Å². The summed E-state index contributed by atoms with van der Waals surface area (Å²) >= 11 is 0. The van der Waals surface area contributed by atoms with Gasteiger partial charge in [0.15, 0.2) is 11.6 Å². The molecule has 2 rings (SSSR count). The van der Waals surface area contributed by atoms with Crippen molar-refractivity contribution in [3.05, 3.63) is 23.5 Å². The minimum atomic E-state index is -0.684. The van der Waals surface area contributed by atoms with E-state index < -0.39 is 11.7 Å². The van der Waals surface area contributed by atoms with Gasteiger partial charge in [-0.25, -0.2) is 4.39 Å². The largest absolute Gasteiger partial charge is 0.487 e. The van der Waals surface area contributed by atoms with Gasteiger partial charge in [0.1, 0.15) is 0 Å². The smallest absolute Gasteiger partial charge is 0.250 e. The maximum atomic E-state index is 13.5. The molecule has 0 spiro atoms. The first-order chi connectivity index (χ1) is 7.58. The van der Waals surface area contributed by atoms with E-state index in [0.717, 1.165) is 25.3 Å². The highest BCUT2D eigenvalue weighted by molar-refractivity contribution is 5.98. The number of hydrogen-bond acceptors (Lipinski definition) is 3. The van der Waals surface area contributed by atoms with Gasteiger partial charge in [-0.05, 0) is 25.3 Å². The van der Waals surface area contributed by atoms with Crippen molar-refractivity contribution in [2.75, 3.05) is 5.73 Å². The van der Waals surface area contributed by atoms with Crippen molar-refractivity contribution in [3.63, 3.8) is 0 Å². The van der Waals surface area contributed by atoms with E-state index in [1.54, 1.807) is 0 Å². The van der Waals surface area contributed by atoms with Gasteiger partial charge in [0.25, 0.3) is 5.91 Å². The summed E-state index contributed by atoms with van der Waals surface area (Å²) in [5.41, 5.74) is 10.7. The van der Waals surface area contributed by atoms with Crippen molar-refractivity contribution >= 4 is 11.6 Å². The summed E-state index contributed by atoms with van der Waals surface area (Å²) in [7, 11) is 0. The summed E-state index contributed by atoms with van der Waals surface area (Å²) < 4.78 is 18.8. The Morgan fingerprint density at radius 2 is 2.12 bits per heavy atom. The summed E-state index contributed by atoms with van der Waals surface area (Å²) in [6, 6.07) is 2.33. The van der Waals surface area contributed by atoms with E-state index in [4.69, 9.17) is 16.2 Å². The fourth-order valence-electron chi connectivity index (χ4n) is 1.54. The normalized spacial score (nSPS) is 15.6. The van der Waals surface area contributed by atoms with E-state index in [1.807, 2.05) is 0 Å². The average Bonchev–Trinajstić information content (AvgIpc) is 2.13. The van der Waals surface area contributed by atoms with E-state index in [0.29, 0.717) is 0 Å². The van der Waals surface area contributed by atoms with Crippen LogP contribution in [-0.4, -0.2) is 12.0 Å². The Hall–Kier alpha value is -1.78. The van der Waals surface area contributed by atoms with Crippen LogP contribution in [-0.2, 0) is 0 Å². The molecular formula is C11H13FN2O2. The van der Waals surface area contributed by atoms with E-state index in [2.05, 4.69) is 0 Å². The third-order valence-corrected chi connectivity index (χ3v) is 2.72. The molecular weight excluding hydrogens is 211 g/mol. The number of nitrogens with two attached hydrogens (primary N) is 2. The van der Waals surface area contributed by atoms with E-state index in [-0.39, 0.29) is 23.1 Å². The standard InChI is InChI=1S/C11H13FN2O2/c12-8-5-9(13)7(11(14)15)4-10(8)16-6-2-1-3-6/h4-6H,1-3,13H2,(H2,14,15). The van der Waals surface area contributed by atoms with Gasteiger partial charge >= 0.3 is 0 Å². The Kier molecular flexibility index (Phi) is 2.68. The lowest BCUT2D eigenvalue weighted by atomic mass is 9.96. The van der Waals surface area contributed by atoms with Gasteiger partial charge in [-0.2, -0.15) is 0 Å². The summed E-state index contributed by atoms with van der Waals surface area (Å²) in [6.07, 6.45) is 2.95. The summed E-state index contributed by atoms with van der Waals surface area (Å²) in [5, 5.41) is 0. The Morgan fingerprint density at radius 1 is 1.44 bits per heavy atom. The molecule has 1 aliphatic rings. The summed E-state index contributed by atoms with van der Waals surface area (Å²) in [4.78, 5) is 11.0. The van der Waals surface area contributed by atoms with Crippen molar-refractivity contribution in [2.24, 2.45) is 5.73 Å². The highest BCUT2D eigenvalue weighted by Crippen LogP contribution is 2.29. The number of ether oxygens (including phenoxy) is 1. The summed E-state index contributed by atoms with van der Waals surface area (Å²) in [5.74, 6) is -1.20. The predicted octanol–water partition coefficient (Wildman–Crippen LogP) is 1.44. The number of carbonyl (C=O) groups excluding carboxylic acids is 1. The number of benzene rings is 1. The first-order valence-electron chi connectivity index (χ1n) is 5.13. The van der Waals surface area contributed by atoms with Crippen molar-refractivity contribution in [1.29, 1.82) is 0 Å². The predicted molar refractivity (Wildman–Crippen MR) is 57.6 cm³/mol. The highest BCUT2D eigenvalue weighted by atomic mass is 19.1. The van der Waals surface area contributed by atoms with Crippen molar-refractivity contribution in [1.82, 2.24) is 0 Å². The van der Waals surface area contributed by atoms with Crippen molar-refractivity contribution in [3.8, 4) is 5.75 Å². The van der Waals surface area contributed by atoms with Crippen LogP contribution in [0, 0.1) is 5.82 Å². The molecule has 1 aromatic rings. The van der Waals surface area contributed by atoms with Gasteiger partial charge in [0.2, 0.25) is 0 Å². The molecule has 4 nitrogen and oxygen atoms in total. The van der Waals surface area contributed by atoms with Gasteiger partial charge in [0.05, 0.1) is 11.7 Å².